The predicted octanol–water partition coefficient (Wildman–Crippen LogP) is 4.37. The minimum absolute atomic E-state index is 0.203. The summed E-state index contributed by atoms with van der Waals surface area (Å²) < 4.78 is 0. The second-order valence-corrected chi connectivity index (χ2v) is 6.98. The fourth-order valence-electron chi connectivity index (χ4n) is 2.34. The molecule has 0 amide bonds. The fourth-order valence-corrected chi connectivity index (χ4v) is 2.34. The van der Waals surface area contributed by atoms with Crippen LogP contribution in [0.5, 0.6) is 0 Å². The Labute approximate surface area is 97.0 Å². The van der Waals surface area contributed by atoms with Gasteiger partial charge in [-0.2, -0.15) is 0 Å². The summed E-state index contributed by atoms with van der Waals surface area (Å²) in [5.41, 5.74) is 0.898. The van der Waals surface area contributed by atoms with E-state index in [1.54, 1.807) is 0 Å². The minimum Gasteiger partial charge on any atom is -0.307 e. The average Bonchev–Trinajstić information content (AvgIpc) is 2.00. The summed E-state index contributed by atoms with van der Waals surface area (Å²) >= 11 is 0. The molecule has 0 aliphatic rings. The molecule has 0 saturated heterocycles. The van der Waals surface area contributed by atoms with Crippen molar-refractivity contribution in [3.8, 4) is 0 Å². The minimum atomic E-state index is 0.203. The standard InChI is InChI=1S/C14H31N/c1-9-13(6,7)11-14(8,10-2)15-12(3,4)5/h15H,9-11H2,1-8H3. The van der Waals surface area contributed by atoms with Gasteiger partial charge >= 0.3 is 0 Å². The van der Waals surface area contributed by atoms with E-state index in [1.165, 1.54) is 19.3 Å². The van der Waals surface area contributed by atoms with Crippen LogP contribution >= 0.6 is 0 Å². The Kier molecular flexibility index (Phi) is 4.85. The lowest BCUT2D eigenvalue weighted by Crippen LogP contribution is -2.53. The fraction of sp³-hybridized carbons (Fsp3) is 1.00. The van der Waals surface area contributed by atoms with Gasteiger partial charge in [0.2, 0.25) is 0 Å². The van der Waals surface area contributed by atoms with Crippen molar-refractivity contribution in [1.82, 2.24) is 5.32 Å². The lowest BCUT2D eigenvalue weighted by Gasteiger charge is -2.42. The second kappa shape index (κ2) is 4.86. The predicted molar refractivity (Wildman–Crippen MR) is 70.3 cm³/mol. The van der Waals surface area contributed by atoms with E-state index in [2.05, 4.69) is 60.7 Å². The average molecular weight is 213 g/mol. The van der Waals surface area contributed by atoms with E-state index in [9.17, 15) is 0 Å². The molecule has 1 nitrogen and oxygen atoms in total. The Bertz CT molecular complexity index is 188. The maximum atomic E-state index is 3.77. The van der Waals surface area contributed by atoms with Crippen LogP contribution in [0.15, 0.2) is 0 Å². The van der Waals surface area contributed by atoms with Crippen LogP contribution in [0, 0.1) is 5.41 Å². The molecule has 1 heteroatoms. The number of hydrogen-bond acceptors (Lipinski definition) is 1. The van der Waals surface area contributed by atoms with Crippen LogP contribution in [0.4, 0.5) is 0 Å². The van der Waals surface area contributed by atoms with Gasteiger partial charge in [0.25, 0.3) is 0 Å². The van der Waals surface area contributed by atoms with Gasteiger partial charge in [-0.05, 0) is 46.0 Å². The molecule has 0 bridgehead atoms. The van der Waals surface area contributed by atoms with Gasteiger partial charge in [0, 0.05) is 11.1 Å². The molecule has 0 aliphatic heterocycles. The third-order valence-electron chi connectivity index (χ3n) is 3.28. The zero-order valence-corrected chi connectivity index (χ0v) is 12.1. The monoisotopic (exact) mass is 213 g/mol. The van der Waals surface area contributed by atoms with Gasteiger partial charge < -0.3 is 5.32 Å². The van der Waals surface area contributed by atoms with Crippen LogP contribution in [0.3, 0.4) is 0 Å². The summed E-state index contributed by atoms with van der Waals surface area (Å²) in [7, 11) is 0. The van der Waals surface area contributed by atoms with Crippen LogP contribution < -0.4 is 5.32 Å². The highest BCUT2D eigenvalue weighted by molar-refractivity contribution is 4.92. The maximum absolute atomic E-state index is 3.77. The van der Waals surface area contributed by atoms with E-state index in [1.807, 2.05) is 0 Å². The maximum Gasteiger partial charge on any atom is 0.0160 e. The van der Waals surface area contributed by atoms with Crippen molar-refractivity contribution >= 4 is 0 Å². The third kappa shape index (κ3) is 6.19. The van der Waals surface area contributed by atoms with Crippen molar-refractivity contribution in [3.05, 3.63) is 0 Å². The summed E-state index contributed by atoms with van der Waals surface area (Å²) in [6.07, 6.45) is 3.67. The van der Waals surface area contributed by atoms with Gasteiger partial charge in [0.05, 0.1) is 0 Å². The molecule has 0 aromatic carbocycles. The van der Waals surface area contributed by atoms with Gasteiger partial charge in [-0.1, -0.05) is 34.1 Å². The Hall–Kier alpha value is -0.0400. The zero-order chi connectivity index (χ0) is 12.3. The molecule has 0 aliphatic carbocycles. The summed E-state index contributed by atoms with van der Waals surface area (Å²) in [6.45, 7) is 18.4. The van der Waals surface area contributed by atoms with Crippen LogP contribution in [-0.4, -0.2) is 11.1 Å². The van der Waals surface area contributed by atoms with Crippen molar-refractivity contribution in [2.75, 3.05) is 0 Å². The molecule has 15 heavy (non-hydrogen) atoms. The second-order valence-electron chi connectivity index (χ2n) is 6.98. The van der Waals surface area contributed by atoms with Crippen molar-refractivity contribution in [2.45, 2.75) is 85.7 Å². The van der Waals surface area contributed by atoms with E-state index < -0.39 is 0 Å². The van der Waals surface area contributed by atoms with Gasteiger partial charge in [-0.3, -0.25) is 0 Å². The summed E-state index contributed by atoms with van der Waals surface area (Å²) in [6, 6.07) is 0. The topological polar surface area (TPSA) is 12.0 Å². The summed E-state index contributed by atoms with van der Waals surface area (Å²) in [5, 5.41) is 3.77. The quantitative estimate of drug-likeness (QED) is 0.715. The smallest absolute Gasteiger partial charge is 0.0160 e. The molecule has 1 unspecified atom stereocenters. The van der Waals surface area contributed by atoms with Crippen molar-refractivity contribution in [2.24, 2.45) is 5.41 Å². The third-order valence-corrected chi connectivity index (χ3v) is 3.28. The summed E-state index contributed by atoms with van der Waals surface area (Å²) in [5.74, 6) is 0. The first kappa shape index (κ1) is 15.0. The molecule has 1 N–H and O–H groups in total. The molecule has 0 heterocycles. The van der Waals surface area contributed by atoms with Gasteiger partial charge in [0.15, 0.2) is 0 Å². The molecular formula is C14H31N. The van der Waals surface area contributed by atoms with Crippen LogP contribution in [0.1, 0.15) is 74.7 Å². The van der Waals surface area contributed by atoms with E-state index >= 15 is 0 Å². The Morgan fingerprint density at radius 1 is 0.800 bits per heavy atom. The molecule has 0 spiro atoms. The Balaban J connectivity index is 4.58. The highest BCUT2D eigenvalue weighted by atomic mass is 15.0. The van der Waals surface area contributed by atoms with Crippen LogP contribution in [0.25, 0.3) is 0 Å². The molecule has 1 atom stereocenters. The first-order valence-corrected chi connectivity index (χ1v) is 6.33. The number of rotatable bonds is 5. The molecular weight excluding hydrogens is 182 g/mol. The largest absolute Gasteiger partial charge is 0.307 e. The molecule has 0 rings (SSSR count). The Morgan fingerprint density at radius 2 is 1.27 bits per heavy atom. The first-order valence-electron chi connectivity index (χ1n) is 6.33. The molecule has 92 valence electrons. The summed E-state index contributed by atoms with van der Waals surface area (Å²) in [4.78, 5) is 0. The van der Waals surface area contributed by atoms with E-state index in [-0.39, 0.29) is 11.1 Å². The highest BCUT2D eigenvalue weighted by Crippen LogP contribution is 2.33. The lowest BCUT2D eigenvalue weighted by atomic mass is 9.75. The van der Waals surface area contributed by atoms with Gasteiger partial charge in [-0.15, -0.1) is 0 Å². The van der Waals surface area contributed by atoms with E-state index in [4.69, 9.17) is 0 Å². The molecule has 0 radical (unpaired) electrons. The SMILES string of the molecule is CCC(C)(C)CC(C)(CC)NC(C)(C)C. The van der Waals surface area contributed by atoms with E-state index in [0.29, 0.717) is 5.41 Å². The van der Waals surface area contributed by atoms with Crippen LogP contribution in [-0.2, 0) is 0 Å². The number of nitrogens with one attached hydrogen (secondary N) is 1. The van der Waals surface area contributed by atoms with Crippen molar-refractivity contribution in [3.63, 3.8) is 0 Å². The van der Waals surface area contributed by atoms with Gasteiger partial charge in [0.1, 0.15) is 0 Å². The number of hydrogen-bond donors (Lipinski definition) is 1. The molecule has 0 fully saturated rings. The lowest BCUT2D eigenvalue weighted by molar-refractivity contribution is 0.162. The highest BCUT2D eigenvalue weighted by Gasteiger charge is 2.32. The normalized spacial score (nSPS) is 17.6. The van der Waals surface area contributed by atoms with Gasteiger partial charge in [-0.25, -0.2) is 0 Å². The Morgan fingerprint density at radius 3 is 1.53 bits per heavy atom. The van der Waals surface area contributed by atoms with Crippen molar-refractivity contribution in [1.29, 1.82) is 0 Å². The van der Waals surface area contributed by atoms with E-state index in [0.717, 1.165) is 0 Å². The molecule has 0 saturated carbocycles. The first-order chi connectivity index (χ1) is 6.54. The molecule has 0 aromatic heterocycles. The zero-order valence-electron chi connectivity index (χ0n) is 12.1. The van der Waals surface area contributed by atoms with Crippen LogP contribution in [0.2, 0.25) is 0 Å². The molecule has 0 aromatic rings. The van der Waals surface area contributed by atoms with Crippen molar-refractivity contribution < 1.29 is 0 Å².